The van der Waals surface area contributed by atoms with Crippen molar-refractivity contribution in [3.05, 3.63) is 46.0 Å². The minimum absolute atomic E-state index is 0.0588. The molecule has 1 N–H and O–H groups in total. The van der Waals surface area contributed by atoms with Crippen LogP contribution in [0.1, 0.15) is 45.6 Å². The van der Waals surface area contributed by atoms with Crippen molar-refractivity contribution in [1.29, 1.82) is 5.26 Å². The molecule has 3 atom stereocenters. The normalized spacial score (nSPS) is 21.3. The molecule has 0 bridgehead atoms. The fourth-order valence-corrected chi connectivity index (χ4v) is 9.10. The lowest BCUT2D eigenvalue weighted by atomic mass is 9.95. The van der Waals surface area contributed by atoms with E-state index < -0.39 is 59.6 Å². The van der Waals surface area contributed by atoms with Crippen LogP contribution in [0.5, 0.6) is 11.8 Å². The van der Waals surface area contributed by atoms with Gasteiger partial charge in [-0.2, -0.15) is 15.2 Å². The molecule has 2 saturated heterocycles. The monoisotopic (exact) mass is 810 g/mol. The van der Waals surface area contributed by atoms with E-state index in [1.807, 2.05) is 11.0 Å². The molecule has 18 heteroatoms. The number of hydrogen-bond acceptors (Lipinski definition) is 10. The summed E-state index contributed by atoms with van der Waals surface area (Å²) in [7, 11) is 0. The number of anilines is 2. The van der Waals surface area contributed by atoms with Gasteiger partial charge in [0.15, 0.2) is 11.6 Å². The molecule has 2 aromatic carbocycles. The van der Waals surface area contributed by atoms with E-state index in [1.54, 1.807) is 20.8 Å². The standard InChI is InChI=1S/C36H33Cl2F5N6O4S/c1-16(37)21-14-51-29-25-28(45-33(46-31(25)49(21)13-22(41)42)52-15-36-8-5-9-48(36)12-17(39)10-36)27(43)24(26(29)38)18-6-7-20(40)30-23(18)19(11-44)32(54-30)47-34(50)53-35(2,3)4/h6-7,17,21-22H,1,5,8-10,12-15H2,2-4H3,(H,47,50)/t17-,21-,36+/m1/s1. The summed E-state index contributed by atoms with van der Waals surface area (Å²) in [6.07, 6.45) is -3.23. The van der Waals surface area contributed by atoms with E-state index in [0.29, 0.717) is 13.0 Å². The molecule has 0 aliphatic carbocycles. The van der Waals surface area contributed by atoms with Crippen LogP contribution in [0.3, 0.4) is 0 Å². The second-order valence-electron chi connectivity index (χ2n) is 14.4. The van der Waals surface area contributed by atoms with Gasteiger partial charge in [-0.3, -0.25) is 10.2 Å². The Labute approximate surface area is 320 Å². The van der Waals surface area contributed by atoms with Gasteiger partial charge in [0.1, 0.15) is 53.2 Å². The molecule has 54 heavy (non-hydrogen) atoms. The van der Waals surface area contributed by atoms with Gasteiger partial charge < -0.3 is 19.1 Å². The molecule has 0 spiro atoms. The molecule has 286 valence electrons. The van der Waals surface area contributed by atoms with E-state index in [0.717, 1.165) is 28.7 Å². The fraction of sp³-hybridized carbons (Fsp3) is 0.444. The van der Waals surface area contributed by atoms with Crippen LogP contribution in [-0.2, 0) is 4.74 Å². The van der Waals surface area contributed by atoms with Crippen LogP contribution >= 0.6 is 34.5 Å². The van der Waals surface area contributed by atoms with Gasteiger partial charge in [-0.15, -0.1) is 11.3 Å². The Balaban J connectivity index is 1.45. The topological polar surface area (TPSA) is 113 Å². The second-order valence-corrected chi connectivity index (χ2v) is 16.3. The lowest BCUT2D eigenvalue weighted by Crippen LogP contribution is -2.44. The quantitative estimate of drug-likeness (QED) is 0.174. The number of benzene rings is 2. The summed E-state index contributed by atoms with van der Waals surface area (Å²) in [6.45, 7) is 8.22. The van der Waals surface area contributed by atoms with Crippen molar-refractivity contribution in [3.63, 3.8) is 0 Å². The van der Waals surface area contributed by atoms with Crippen molar-refractivity contribution in [2.75, 3.05) is 43.1 Å². The SMILES string of the molecule is C=C(Cl)[C@H]1COc2c(Cl)c(-c3ccc(F)c4sc(NC(=O)OC(C)(C)C)c(C#N)c34)c(F)c3nc(OC[C@@]45CCCN4C[C@H](F)C5)nc(c23)N1CC(F)F. The minimum atomic E-state index is -2.91. The summed E-state index contributed by atoms with van der Waals surface area (Å²) in [5.74, 6) is -2.28. The summed E-state index contributed by atoms with van der Waals surface area (Å²) in [6, 6.07) is 2.75. The Morgan fingerprint density at radius 1 is 1.28 bits per heavy atom. The number of nitrogens with one attached hydrogen (secondary N) is 1. The van der Waals surface area contributed by atoms with Crippen LogP contribution < -0.4 is 19.7 Å². The zero-order valence-corrected chi connectivity index (χ0v) is 31.5. The fourth-order valence-electron chi connectivity index (χ4n) is 7.52. The molecule has 1 amide bonds. The number of nitrogens with zero attached hydrogens (tertiary/aromatic N) is 5. The first-order valence-corrected chi connectivity index (χ1v) is 18.5. The molecule has 3 aliphatic rings. The molecule has 5 heterocycles. The van der Waals surface area contributed by atoms with Crippen LogP contribution in [-0.4, -0.2) is 83.6 Å². The maximum Gasteiger partial charge on any atom is 0.412 e. The third-order valence-electron chi connectivity index (χ3n) is 9.69. The number of rotatable bonds is 8. The molecule has 7 rings (SSSR count). The van der Waals surface area contributed by atoms with Crippen molar-refractivity contribution in [1.82, 2.24) is 14.9 Å². The molecule has 0 unspecified atom stereocenters. The number of carbonyl (C=O) groups excluding carboxylic acids is 1. The number of hydrogen-bond donors (Lipinski definition) is 1. The lowest BCUT2D eigenvalue weighted by molar-refractivity contribution is 0.0636. The molecular formula is C36H33Cl2F5N6O4S. The third-order valence-corrected chi connectivity index (χ3v) is 11.4. The van der Waals surface area contributed by atoms with Crippen LogP contribution in [0.2, 0.25) is 5.02 Å². The van der Waals surface area contributed by atoms with Gasteiger partial charge in [0.05, 0.1) is 38.8 Å². The van der Waals surface area contributed by atoms with E-state index in [4.69, 9.17) is 37.4 Å². The van der Waals surface area contributed by atoms with Crippen molar-refractivity contribution in [2.24, 2.45) is 0 Å². The summed E-state index contributed by atoms with van der Waals surface area (Å²) < 4.78 is 93.1. The maximum atomic E-state index is 17.4. The molecular weight excluding hydrogens is 778 g/mol. The Morgan fingerprint density at radius 2 is 2.04 bits per heavy atom. The number of amides is 1. The zero-order chi connectivity index (χ0) is 38.9. The van der Waals surface area contributed by atoms with Crippen LogP contribution in [0.25, 0.3) is 32.1 Å². The maximum absolute atomic E-state index is 17.4. The first kappa shape index (κ1) is 38.1. The number of ether oxygens (including phenoxy) is 3. The Bertz CT molecular complexity index is 2250. The van der Waals surface area contributed by atoms with Gasteiger partial charge in [-0.1, -0.05) is 35.8 Å². The highest BCUT2D eigenvalue weighted by atomic mass is 35.5. The number of nitriles is 1. The molecule has 4 aromatic rings. The van der Waals surface area contributed by atoms with Crippen molar-refractivity contribution in [2.45, 2.75) is 69.8 Å². The Morgan fingerprint density at radius 3 is 2.72 bits per heavy atom. The van der Waals surface area contributed by atoms with E-state index >= 15 is 8.78 Å². The van der Waals surface area contributed by atoms with Gasteiger partial charge in [-0.05, 0) is 51.8 Å². The minimum Gasteiger partial charge on any atom is -0.489 e. The number of aromatic nitrogens is 2. The van der Waals surface area contributed by atoms with Gasteiger partial charge in [0.25, 0.3) is 6.43 Å². The van der Waals surface area contributed by atoms with E-state index in [1.165, 1.54) is 6.07 Å². The first-order valence-electron chi connectivity index (χ1n) is 16.9. The van der Waals surface area contributed by atoms with Crippen molar-refractivity contribution < 1.29 is 41.0 Å². The largest absolute Gasteiger partial charge is 0.489 e. The lowest BCUT2D eigenvalue weighted by Gasteiger charge is -2.32. The summed E-state index contributed by atoms with van der Waals surface area (Å²) >= 11 is 14.0. The Kier molecular flexibility index (Phi) is 9.99. The number of thiophene rings is 1. The first-order chi connectivity index (χ1) is 25.5. The van der Waals surface area contributed by atoms with E-state index in [-0.39, 0.29) is 91.0 Å². The van der Waals surface area contributed by atoms with Gasteiger partial charge in [-0.25, -0.2) is 26.7 Å². The molecule has 0 saturated carbocycles. The molecule has 2 fully saturated rings. The van der Waals surface area contributed by atoms with Crippen LogP contribution in [0, 0.1) is 23.0 Å². The molecule has 2 aromatic heterocycles. The summed E-state index contributed by atoms with van der Waals surface area (Å²) in [4.78, 5) is 24.7. The van der Waals surface area contributed by atoms with Gasteiger partial charge in [0.2, 0.25) is 0 Å². The van der Waals surface area contributed by atoms with E-state index in [9.17, 15) is 23.2 Å². The third kappa shape index (κ3) is 6.73. The second kappa shape index (κ2) is 14.2. The highest BCUT2D eigenvalue weighted by Gasteiger charge is 2.49. The number of carbonyl (C=O) groups is 1. The molecule has 0 radical (unpaired) electrons. The number of alkyl halides is 3. The average molecular weight is 812 g/mol. The Hall–Kier alpha value is -4.17. The summed E-state index contributed by atoms with van der Waals surface area (Å²) in [5.41, 5.74) is -2.61. The number of halogens is 7. The van der Waals surface area contributed by atoms with E-state index in [2.05, 4.69) is 21.9 Å². The van der Waals surface area contributed by atoms with Crippen LogP contribution in [0.4, 0.5) is 37.6 Å². The van der Waals surface area contributed by atoms with Gasteiger partial charge in [0, 0.05) is 28.9 Å². The highest BCUT2D eigenvalue weighted by molar-refractivity contribution is 7.23. The molecule has 3 aliphatic heterocycles. The predicted octanol–water partition coefficient (Wildman–Crippen LogP) is 9.20. The number of fused-ring (bicyclic) bond motifs is 2. The van der Waals surface area contributed by atoms with Crippen molar-refractivity contribution >= 4 is 72.4 Å². The van der Waals surface area contributed by atoms with Crippen LogP contribution in [0.15, 0.2) is 23.7 Å². The van der Waals surface area contributed by atoms with Crippen molar-refractivity contribution in [3.8, 4) is 29.0 Å². The smallest absolute Gasteiger partial charge is 0.412 e. The molecule has 10 nitrogen and oxygen atoms in total. The van der Waals surface area contributed by atoms with Gasteiger partial charge >= 0.3 is 12.1 Å². The highest BCUT2D eigenvalue weighted by Crippen LogP contribution is 2.52. The zero-order valence-electron chi connectivity index (χ0n) is 29.2. The predicted molar refractivity (Wildman–Crippen MR) is 196 cm³/mol. The summed E-state index contributed by atoms with van der Waals surface area (Å²) in [5, 5.41) is 12.0. The average Bonchev–Trinajstić information content (AvgIpc) is 3.70.